The molecule has 1 fully saturated rings. The molecule has 1 aliphatic heterocycles. The summed E-state index contributed by atoms with van der Waals surface area (Å²) in [4.78, 5) is 19.4. The zero-order chi connectivity index (χ0) is 16.9. The van der Waals surface area contributed by atoms with E-state index in [4.69, 9.17) is 5.26 Å². The summed E-state index contributed by atoms with van der Waals surface area (Å²) in [6, 6.07) is 12.4. The van der Waals surface area contributed by atoms with Gasteiger partial charge < -0.3 is 4.90 Å². The Morgan fingerprint density at radius 2 is 2.00 bits per heavy atom. The average molecular weight is 323 g/mol. The lowest BCUT2D eigenvalue weighted by Gasteiger charge is -2.35. The van der Waals surface area contributed by atoms with E-state index in [-0.39, 0.29) is 5.69 Å². The van der Waals surface area contributed by atoms with Crippen molar-refractivity contribution in [3.8, 4) is 6.07 Å². The Balaban J connectivity index is 1.70. The number of hydrogen-bond acceptors (Lipinski definition) is 6. The highest BCUT2D eigenvalue weighted by atomic mass is 16.6. The van der Waals surface area contributed by atoms with E-state index in [9.17, 15) is 10.1 Å². The monoisotopic (exact) mass is 323 g/mol. The van der Waals surface area contributed by atoms with E-state index in [2.05, 4.69) is 9.88 Å². The van der Waals surface area contributed by atoms with Gasteiger partial charge in [0.2, 0.25) is 0 Å². The first kappa shape index (κ1) is 15.9. The van der Waals surface area contributed by atoms with Crippen LogP contribution in [0, 0.1) is 21.4 Å². The van der Waals surface area contributed by atoms with Gasteiger partial charge in [0.25, 0.3) is 5.69 Å². The standard InChI is InChI=1S/C17H17N5O2/c18-12-14-4-5-16(22(23)24)17(11-14)21-9-7-20(8-10-21)13-15-3-1-2-6-19-15/h1-6,11H,7-10,13H2. The van der Waals surface area contributed by atoms with E-state index in [1.165, 1.54) is 12.1 Å². The maximum absolute atomic E-state index is 11.2. The first-order valence-corrected chi connectivity index (χ1v) is 7.73. The van der Waals surface area contributed by atoms with Crippen molar-refractivity contribution < 1.29 is 4.92 Å². The second kappa shape index (κ2) is 7.06. The van der Waals surface area contributed by atoms with Crippen molar-refractivity contribution in [3.05, 3.63) is 64.0 Å². The number of nitriles is 1. The van der Waals surface area contributed by atoms with Crippen molar-refractivity contribution in [2.75, 3.05) is 31.1 Å². The van der Waals surface area contributed by atoms with Gasteiger partial charge in [0.05, 0.1) is 22.2 Å². The number of nitrogens with zero attached hydrogens (tertiary/aromatic N) is 5. The first-order chi connectivity index (χ1) is 11.7. The Bertz CT molecular complexity index is 764. The molecule has 1 aliphatic rings. The molecule has 0 spiro atoms. The molecule has 1 aromatic carbocycles. The molecule has 3 rings (SSSR count). The third-order valence-electron chi connectivity index (χ3n) is 4.13. The zero-order valence-electron chi connectivity index (χ0n) is 13.1. The third kappa shape index (κ3) is 3.50. The van der Waals surface area contributed by atoms with Crippen LogP contribution in [0.25, 0.3) is 0 Å². The predicted molar refractivity (Wildman–Crippen MR) is 89.5 cm³/mol. The van der Waals surface area contributed by atoms with Crippen LogP contribution in [-0.2, 0) is 6.54 Å². The number of anilines is 1. The van der Waals surface area contributed by atoms with Gasteiger partial charge in [-0.1, -0.05) is 6.07 Å². The number of nitro groups is 1. The molecule has 2 aromatic rings. The Morgan fingerprint density at radius 3 is 2.62 bits per heavy atom. The van der Waals surface area contributed by atoms with Gasteiger partial charge in [-0.25, -0.2) is 0 Å². The largest absolute Gasteiger partial charge is 0.363 e. The Labute approximate surface area is 139 Å². The number of nitro benzene ring substituents is 1. The minimum absolute atomic E-state index is 0.0483. The van der Waals surface area contributed by atoms with Crippen molar-refractivity contribution in [2.24, 2.45) is 0 Å². The van der Waals surface area contributed by atoms with Crippen LogP contribution in [0.15, 0.2) is 42.6 Å². The molecular formula is C17H17N5O2. The van der Waals surface area contributed by atoms with Crippen LogP contribution in [0.3, 0.4) is 0 Å². The molecule has 0 radical (unpaired) electrons. The summed E-state index contributed by atoms with van der Waals surface area (Å²) in [5, 5.41) is 20.3. The van der Waals surface area contributed by atoms with Gasteiger partial charge in [-0.15, -0.1) is 0 Å². The summed E-state index contributed by atoms with van der Waals surface area (Å²) in [5.41, 5.74) is 2.03. The molecule has 1 saturated heterocycles. The van der Waals surface area contributed by atoms with Crippen molar-refractivity contribution in [3.63, 3.8) is 0 Å². The van der Waals surface area contributed by atoms with Gasteiger partial charge in [0.1, 0.15) is 5.69 Å². The van der Waals surface area contributed by atoms with E-state index >= 15 is 0 Å². The molecule has 2 heterocycles. The molecule has 0 N–H and O–H groups in total. The molecule has 0 saturated carbocycles. The fourth-order valence-corrected chi connectivity index (χ4v) is 2.87. The number of hydrogen-bond donors (Lipinski definition) is 0. The van der Waals surface area contributed by atoms with Crippen LogP contribution in [0.5, 0.6) is 0 Å². The number of pyridine rings is 1. The minimum atomic E-state index is -0.392. The summed E-state index contributed by atoms with van der Waals surface area (Å²) in [5.74, 6) is 0. The highest BCUT2D eigenvalue weighted by Gasteiger charge is 2.24. The van der Waals surface area contributed by atoms with Crippen LogP contribution in [0.1, 0.15) is 11.3 Å². The topological polar surface area (TPSA) is 86.3 Å². The zero-order valence-corrected chi connectivity index (χ0v) is 13.1. The summed E-state index contributed by atoms with van der Waals surface area (Å²) < 4.78 is 0. The SMILES string of the molecule is N#Cc1ccc([N+](=O)[O-])c(N2CCN(Cc3ccccn3)CC2)c1. The van der Waals surface area contributed by atoms with Crippen molar-refractivity contribution in [1.29, 1.82) is 5.26 Å². The Morgan fingerprint density at radius 1 is 1.21 bits per heavy atom. The number of benzene rings is 1. The molecule has 0 bridgehead atoms. The van der Waals surface area contributed by atoms with Crippen molar-refractivity contribution >= 4 is 11.4 Å². The lowest BCUT2D eigenvalue weighted by atomic mass is 10.1. The Hall–Kier alpha value is -2.98. The Kier molecular flexibility index (Phi) is 4.68. The number of aromatic nitrogens is 1. The van der Waals surface area contributed by atoms with E-state index in [0.29, 0.717) is 24.3 Å². The van der Waals surface area contributed by atoms with Gasteiger partial charge in [-0.3, -0.25) is 20.0 Å². The van der Waals surface area contributed by atoms with Crippen LogP contribution >= 0.6 is 0 Å². The lowest BCUT2D eigenvalue weighted by Crippen LogP contribution is -2.46. The molecule has 0 amide bonds. The summed E-state index contributed by atoms with van der Waals surface area (Å²) in [7, 11) is 0. The van der Waals surface area contributed by atoms with Crippen LogP contribution in [-0.4, -0.2) is 41.0 Å². The highest BCUT2D eigenvalue weighted by Crippen LogP contribution is 2.30. The van der Waals surface area contributed by atoms with E-state index in [0.717, 1.165) is 25.3 Å². The van der Waals surface area contributed by atoms with Crippen molar-refractivity contribution in [1.82, 2.24) is 9.88 Å². The van der Waals surface area contributed by atoms with E-state index < -0.39 is 4.92 Å². The van der Waals surface area contributed by atoms with Crippen molar-refractivity contribution in [2.45, 2.75) is 6.54 Å². The van der Waals surface area contributed by atoms with Gasteiger partial charge in [0, 0.05) is 45.0 Å². The van der Waals surface area contributed by atoms with E-state index in [1.807, 2.05) is 29.2 Å². The first-order valence-electron chi connectivity index (χ1n) is 7.73. The van der Waals surface area contributed by atoms with Gasteiger partial charge in [0.15, 0.2) is 0 Å². The number of piperazine rings is 1. The number of rotatable bonds is 4. The van der Waals surface area contributed by atoms with Crippen LogP contribution < -0.4 is 4.90 Å². The van der Waals surface area contributed by atoms with Gasteiger partial charge in [-0.2, -0.15) is 5.26 Å². The molecule has 1 aromatic heterocycles. The second-order valence-corrected chi connectivity index (χ2v) is 5.66. The third-order valence-corrected chi connectivity index (χ3v) is 4.13. The molecule has 0 atom stereocenters. The smallest absolute Gasteiger partial charge is 0.292 e. The lowest BCUT2D eigenvalue weighted by molar-refractivity contribution is -0.384. The summed E-state index contributed by atoms with van der Waals surface area (Å²) in [6.45, 7) is 3.73. The minimum Gasteiger partial charge on any atom is -0.363 e. The van der Waals surface area contributed by atoms with Gasteiger partial charge >= 0.3 is 0 Å². The maximum atomic E-state index is 11.2. The van der Waals surface area contributed by atoms with Crippen LogP contribution in [0.2, 0.25) is 0 Å². The maximum Gasteiger partial charge on any atom is 0.292 e. The van der Waals surface area contributed by atoms with Crippen LogP contribution in [0.4, 0.5) is 11.4 Å². The molecule has 0 aliphatic carbocycles. The average Bonchev–Trinajstić information content (AvgIpc) is 2.62. The van der Waals surface area contributed by atoms with Gasteiger partial charge in [-0.05, 0) is 24.3 Å². The molecule has 7 heteroatoms. The summed E-state index contributed by atoms with van der Waals surface area (Å²) >= 11 is 0. The second-order valence-electron chi connectivity index (χ2n) is 5.66. The molecular weight excluding hydrogens is 306 g/mol. The fourth-order valence-electron chi connectivity index (χ4n) is 2.87. The fraction of sp³-hybridized carbons (Fsp3) is 0.294. The molecule has 24 heavy (non-hydrogen) atoms. The highest BCUT2D eigenvalue weighted by molar-refractivity contribution is 5.66. The quantitative estimate of drug-likeness (QED) is 0.633. The molecule has 0 unspecified atom stereocenters. The van der Waals surface area contributed by atoms with E-state index in [1.54, 1.807) is 12.3 Å². The molecule has 122 valence electrons. The predicted octanol–water partition coefficient (Wildman–Crippen LogP) is 2.18. The molecule has 7 nitrogen and oxygen atoms in total. The summed E-state index contributed by atoms with van der Waals surface area (Å²) in [6.07, 6.45) is 1.78. The normalized spacial score (nSPS) is 15.0.